The van der Waals surface area contributed by atoms with Gasteiger partial charge < -0.3 is 15.3 Å². The lowest BCUT2D eigenvalue weighted by Crippen LogP contribution is -2.44. The average Bonchev–Trinajstić information content (AvgIpc) is 2.74. The number of halogens is 1. The highest BCUT2D eigenvalue weighted by atomic mass is 127. The van der Waals surface area contributed by atoms with Crippen molar-refractivity contribution in [3.05, 3.63) is 33.4 Å². The number of aliphatic hydroxyl groups excluding tert-OH is 1. The number of carbonyl (C=O) groups is 1. The van der Waals surface area contributed by atoms with Crippen molar-refractivity contribution < 1.29 is 9.90 Å². The van der Waals surface area contributed by atoms with Gasteiger partial charge in [-0.2, -0.15) is 0 Å². The Balaban J connectivity index is 2.17. The molecule has 0 unspecified atom stereocenters. The predicted molar refractivity (Wildman–Crippen MR) is 73.9 cm³/mol. The molecule has 1 aromatic rings. The zero-order chi connectivity index (χ0) is 12.4. The molecule has 0 aromatic heterocycles. The van der Waals surface area contributed by atoms with Crippen molar-refractivity contribution >= 4 is 28.5 Å². The number of hydrogen-bond donors (Lipinski definition) is 2. The molecule has 2 atom stereocenters. The van der Waals surface area contributed by atoms with Crippen LogP contribution in [0, 0.1) is 3.57 Å². The maximum atomic E-state index is 12.3. The third-order valence-electron chi connectivity index (χ3n) is 3.07. The lowest BCUT2D eigenvalue weighted by molar-refractivity contribution is 0.0580. The number of β-amino-alcohol motifs (C(OH)–C–C–N with tert-alkyl or cyclic N) is 1. The number of carbonyl (C=O) groups excluding carboxylic acids is 1. The molecule has 1 fully saturated rings. The van der Waals surface area contributed by atoms with Crippen molar-refractivity contribution in [2.45, 2.75) is 12.1 Å². The van der Waals surface area contributed by atoms with Crippen LogP contribution in [0.15, 0.2) is 24.3 Å². The molecule has 1 aliphatic rings. The van der Waals surface area contributed by atoms with Gasteiger partial charge in [0, 0.05) is 23.7 Å². The summed E-state index contributed by atoms with van der Waals surface area (Å²) in [5.41, 5.74) is 0.690. The summed E-state index contributed by atoms with van der Waals surface area (Å²) in [6.07, 6.45) is -0.481. The number of aliphatic hydroxyl groups is 1. The molecule has 0 aliphatic carbocycles. The molecule has 2 rings (SSSR count). The molecule has 5 heteroatoms. The summed E-state index contributed by atoms with van der Waals surface area (Å²) in [7, 11) is 1.74. The zero-order valence-electron chi connectivity index (χ0n) is 9.56. The van der Waals surface area contributed by atoms with Crippen molar-refractivity contribution in [3.63, 3.8) is 0 Å². The van der Waals surface area contributed by atoms with E-state index in [-0.39, 0.29) is 11.9 Å². The van der Waals surface area contributed by atoms with Crippen LogP contribution in [0.25, 0.3) is 0 Å². The Morgan fingerprint density at radius 1 is 1.47 bits per heavy atom. The van der Waals surface area contributed by atoms with E-state index in [1.165, 1.54) is 0 Å². The number of hydrogen-bond acceptors (Lipinski definition) is 3. The highest BCUT2D eigenvalue weighted by molar-refractivity contribution is 14.1. The fourth-order valence-corrected chi connectivity index (χ4v) is 2.64. The summed E-state index contributed by atoms with van der Waals surface area (Å²) in [6.45, 7) is 1.20. The summed E-state index contributed by atoms with van der Waals surface area (Å²) in [4.78, 5) is 13.9. The van der Waals surface area contributed by atoms with Gasteiger partial charge in [0.1, 0.15) is 0 Å². The third kappa shape index (κ3) is 2.61. The Bertz CT molecular complexity index is 425. The minimum Gasteiger partial charge on any atom is -0.390 e. The van der Waals surface area contributed by atoms with Crippen molar-refractivity contribution in [3.8, 4) is 0 Å². The zero-order valence-corrected chi connectivity index (χ0v) is 11.7. The van der Waals surface area contributed by atoms with Crippen LogP contribution in [-0.4, -0.2) is 48.2 Å². The second-order valence-corrected chi connectivity index (χ2v) is 5.35. The minimum absolute atomic E-state index is 0.0391. The first-order valence-electron chi connectivity index (χ1n) is 5.51. The lowest BCUT2D eigenvalue weighted by Gasteiger charge is -2.26. The molecular weight excluding hydrogens is 331 g/mol. The standard InChI is InChI=1S/C12H15IN2O2/c1-15(10-6-14-7-11(10)16)12(17)8-4-2-3-5-9(8)13/h2-5,10-11,14,16H,6-7H2,1H3/t10-,11-/m0/s1. The number of nitrogens with one attached hydrogen (secondary N) is 1. The maximum Gasteiger partial charge on any atom is 0.255 e. The van der Waals surface area contributed by atoms with Gasteiger partial charge in [-0.3, -0.25) is 4.79 Å². The number of likely N-dealkylation sites (N-methyl/N-ethyl adjacent to an activating group) is 1. The van der Waals surface area contributed by atoms with Crippen molar-refractivity contribution in [2.24, 2.45) is 0 Å². The van der Waals surface area contributed by atoms with E-state index in [0.29, 0.717) is 18.7 Å². The molecule has 2 N–H and O–H groups in total. The Morgan fingerprint density at radius 2 is 2.18 bits per heavy atom. The van der Waals surface area contributed by atoms with E-state index in [1.807, 2.05) is 24.3 Å². The first-order chi connectivity index (χ1) is 8.11. The molecule has 17 heavy (non-hydrogen) atoms. The van der Waals surface area contributed by atoms with Gasteiger partial charge in [-0.25, -0.2) is 0 Å². The quantitative estimate of drug-likeness (QED) is 0.775. The van der Waals surface area contributed by atoms with E-state index in [2.05, 4.69) is 27.9 Å². The van der Waals surface area contributed by atoms with Crippen molar-refractivity contribution in [1.82, 2.24) is 10.2 Å². The summed E-state index contributed by atoms with van der Waals surface area (Å²) >= 11 is 2.15. The van der Waals surface area contributed by atoms with Crippen LogP contribution >= 0.6 is 22.6 Å². The van der Waals surface area contributed by atoms with Gasteiger partial charge in [-0.15, -0.1) is 0 Å². The highest BCUT2D eigenvalue weighted by Crippen LogP contribution is 2.16. The van der Waals surface area contributed by atoms with E-state index >= 15 is 0 Å². The van der Waals surface area contributed by atoms with Crippen LogP contribution in [-0.2, 0) is 0 Å². The average molecular weight is 346 g/mol. The molecule has 4 nitrogen and oxygen atoms in total. The van der Waals surface area contributed by atoms with Crippen molar-refractivity contribution in [1.29, 1.82) is 0 Å². The monoisotopic (exact) mass is 346 g/mol. The molecule has 1 aromatic carbocycles. The minimum atomic E-state index is -0.481. The van der Waals surface area contributed by atoms with Gasteiger partial charge in [-0.05, 0) is 34.7 Å². The van der Waals surface area contributed by atoms with E-state index < -0.39 is 6.10 Å². The van der Waals surface area contributed by atoms with Crippen LogP contribution in [0.4, 0.5) is 0 Å². The van der Waals surface area contributed by atoms with Crippen molar-refractivity contribution in [2.75, 3.05) is 20.1 Å². The number of amides is 1. The molecule has 1 saturated heterocycles. The van der Waals surface area contributed by atoms with Crippen LogP contribution in [0.5, 0.6) is 0 Å². The van der Waals surface area contributed by atoms with Gasteiger partial charge in [0.05, 0.1) is 17.7 Å². The molecule has 1 heterocycles. The molecule has 92 valence electrons. The number of benzene rings is 1. The van der Waals surface area contributed by atoms with Gasteiger partial charge in [-0.1, -0.05) is 12.1 Å². The van der Waals surface area contributed by atoms with E-state index in [1.54, 1.807) is 11.9 Å². The third-order valence-corrected chi connectivity index (χ3v) is 4.01. The SMILES string of the molecule is CN(C(=O)c1ccccc1I)[C@H]1CNC[C@@H]1O. The smallest absolute Gasteiger partial charge is 0.255 e. The fourth-order valence-electron chi connectivity index (χ4n) is 2.02. The normalized spacial score (nSPS) is 23.7. The van der Waals surface area contributed by atoms with Crippen LogP contribution in [0.3, 0.4) is 0 Å². The van der Waals surface area contributed by atoms with Crippen LogP contribution < -0.4 is 5.32 Å². The summed E-state index contributed by atoms with van der Waals surface area (Å²) < 4.78 is 0.933. The second-order valence-electron chi connectivity index (χ2n) is 4.19. The largest absolute Gasteiger partial charge is 0.390 e. The maximum absolute atomic E-state index is 12.3. The van der Waals surface area contributed by atoms with Gasteiger partial charge in [0.15, 0.2) is 0 Å². The van der Waals surface area contributed by atoms with E-state index in [4.69, 9.17) is 0 Å². The summed E-state index contributed by atoms with van der Waals surface area (Å²) in [6, 6.07) is 7.34. The molecule has 0 spiro atoms. The molecule has 1 aliphatic heterocycles. The van der Waals surface area contributed by atoms with Gasteiger partial charge in [0.25, 0.3) is 5.91 Å². The number of rotatable bonds is 2. The molecular formula is C12H15IN2O2. The Labute approximate surface area is 114 Å². The summed E-state index contributed by atoms with van der Waals surface area (Å²) in [5.74, 6) is -0.0391. The molecule has 1 amide bonds. The Kier molecular flexibility index (Phi) is 4.01. The molecule has 0 bridgehead atoms. The molecule has 0 saturated carbocycles. The second kappa shape index (κ2) is 5.32. The van der Waals surface area contributed by atoms with Crippen LogP contribution in [0.2, 0.25) is 0 Å². The highest BCUT2D eigenvalue weighted by Gasteiger charge is 2.31. The predicted octanol–water partition coefficient (Wildman–Crippen LogP) is 0.696. The Hall–Kier alpha value is -0.660. The van der Waals surface area contributed by atoms with E-state index in [9.17, 15) is 9.90 Å². The molecule has 0 radical (unpaired) electrons. The Morgan fingerprint density at radius 3 is 2.76 bits per heavy atom. The first-order valence-corrected chi connectivity index (χ1v) is 6.59. The van der Waals surface area contributed by atoms with Gasteiger partial charge in [0.2, 0.25) is 0 Å². The fraction of sp³-hybridized carbons (Fsp3) is 0.417. The number of nitrogens with zero attached hydrogens (tertiary/aromatic N) is 1. The lowest BCUT2D eigenvalue weighted by atomic mass is 10.1. The van der Waals surface area contributed by atoms with E-state index in [0.717, 1.165) is 3.57 Å². The van der Waals surface area contributed by atoms with Gasteiger partial charge >= 0.3 is 0 Å². The summed E-state index contributed by atoms with van der Waals surface area (Å²) in [5, 5.41) is 12.8. The first kappa shape index (κ1) is 12.8. The topological polar surface area (TPSA) is 52.6 Å². The van der Waals surface area contributed by atoms with Crippen LogP contribution in [0.1, 0.15) is 10.4 Å².